The standard InChI is InChI=1S/C23H25FN4O2.HI/c1-3-25-23(26-12-15-10-22(29)28-19-7-5-4-6-17(15)19)27-13-21-14(2)18-11-16(24)8-9-20(18)30-21;/h4-9,11,15H,3,10,12-13H2,1-2H3,(H,28,29)(H2,25,26,27);1H. The summed E-state index contributed by atoms with van der Waals surface area (Å²) in [4.78, 5) is 16.7. The Morgan fingerprint density at radius 3 is 2.87 bits per heavy atom. The van der Waals surface area contributed by atoms with E-state index < -0.39 is 0 Å². The second kappa shape index (κ2) is 10.1. The first-order chi connectivity index (χ1) is 14.5. The fourth-order valence-electron chi connectivity index (χ4n) is 3.79. The maximum atomic E-state index is 13.5. The number of nitrogens with zero attached hydrogens (tertiary/aromatic N) is 1. The van der Waals surface area contributed by atoms with Gasteiger partial charge in [-0.3, -0.25) is 4.79 Å². The third kappa shape index (κ3) is 5.17. The number of aliphatic imine (C=N–C) groups is 1. The summed E-state index contributed by atoms with van der Waals surface area (Å²) in [5.41, 5.74) is 3.53. The zero-order valence-electron chi connectivity index (χ0n) is 17.5. The molecule has 0 radical (unpaired) electrons. The molecule has 0 fully saturated rings. The number of benzene rings is 2. The maximum Gasteiger partial charge on any atom is 0.225 e. The molecule has 1 aliphatic rings. The molecule has 8 heteroatoms. The van der Waals surface area contributed by atoms with Crippen LogP contribution in [0.4, 0.5) is 10.1 Å². The second-order valence-electron chi connectivity index (χ2n) is 7.40. The minimum Gasteiger partial charge on any atom is -0.459 e. The van der Waals surface area contributed by atoms with E-state index in [1.54, 1.807) is 6.07 Å². The number of amides is 1. The molecule has 3 N–H and O–H groups in total. The SMILES string of the molecule is CCNC(=NCc1oc2ccc(F)cc2c1C)NCC1CC(=O)Nc2ccccc21.I. The predicted octanol–water partition coefficient (Wildman–Crippen LogP) is 4.68. The van der Waals surface area contributed by atoms with Crippen LogP contribution >= 0.6 is 24.0 Å². The van der Waals surface area contributed by atoms with Crippen LogP contribution in [0.2, 0.25) is 0 Å². The van der Waals surface area contributed by atoms with Crippen LogP contribution in [0, 0.1) is 12.7 Å². The lowest BCUT2D eigenvalue weighted by atomic mass is 9.90. The van der Waals surface area contributed by atoms with Gasteiger partial charge < -0.3 is 20.4 Å². The van der Waals surface area contributed by atoms with Crippen LogP contribution in [-0.4, -0.2) is 25.0 Å². The first kappa shape index (κ1) is 23.1. The molecule has 0 aliphatic carbocycles. The first-order valence-corrected chi connectivity index (χ1v) is 10.1. The van der Waals surface area contributed by atoms with Crippen molar-refractivity contribution in [3.8, 4) is 0 Å². The highest BCUT2D eigenvalue weighted by molar-refractivity contribution is 14.0. The Morgan fingerprint density at radius 2 is 2.06 bits per heavy atom. The molecule has 0 bridgehead atoms. The van der Waals surface area contributed by atoms with E-state index in [2.05, 4.69) is 20.9 Å². The number of halogens is 2. The Morgan fingerprint density at radius 1 is 1.26 bits per heavy atom. The van der Waals surface area contributed by atoms with Crippen molar-refractivity contribution in [2.75, 3.05) is 18.4 Å². The Hall–Kier alpha value is -2.62. The van der Waals surface area contributed by atoms with Gasteiger partial charge in [0.15, 0.2) is 5.96 Å². The number of furan rings is 1. The summed E-state index contributed by atoms with van der Waals surface area (Å²) in [7, 11) is 0. The molecule has 6 nitrogen and oxygen atoms in total. The summed E-state index contributed by atoms with van der Waals surface area (Å²) in [6.07, 6.45) is 0.428. The van der Waals surface area contributed by atoms with Crippen molar-refractivity contribution in [3.63, 3.8) is 0 Å². The van der Waals surface area contributed by atoms with Crippen LogP contribution in [-0.2, 0) is 11.3 Å². The van der Waals surface area contributed by atoms with Gasteiger partial charge in [0.2, 0.25) is 5.91 Å². The van der Waals surface area contributed by atoms with E-state index in [0.29, 0.717) is 43.4 Å². The van der Waals surface area contributed by atoms with Crippen LogP contribution in [0.15, 0.2) is 51.9 Å². The number of fused-ring (bicyclic) bond motifs is 2. The van der Waals surface area contributed by atoms with Gasteiger partial charge in [-0.25, -0.2) is 9.38 Å². The van der Waals surface area contributed by atoms with E-state index in [1.165, 1.54) is 12.1 Å². The summed E-state index contributed by atoms with van der Waals surface area (Å²) in [5, 5.41) is 10.3. The van der Waals surface area contributed by atoms with Crippen molar-refractivity contribution in [3.05, 3.63) is 65.2 Å². The summed E-state index contributed by atoms with van der Waals surface area (Å²) in [5.74, 6) is 1.15. The number of hydrogen-bond donors (Lipinski definition) is 3. The predicted molar refractivity (Wildman–Crippen MR) is 132 cm³/mol. The van der Waals surface area contributed by atoms with Crippen molar-refractivity contribution >= 4 is 52.5 Å². The van der Waals surface area contributed by atoms with E-state index in [-0.39, 0.29) is 41.6 Å². The average Bonchev–Trinajstić information content (AvgIpc) is 3.05. The molecule has 1 amide bonds. The molecule has 164 valence electrons. The van der Waals surface area contributed by atoms with Crippen molar-refractivity contribution in [2.45, 2.75) is 32.7 Å². The summed E-state index contributed by atoms with van der Waals surface area (Å²) in [6, 6.07) is 12.4. The smallest absolute Gasteiger partial charge is 0.225 e. The Kier molecular flexibility index (Phi) is 7.53. The highest BCUT2D eigenvalue weighted by Gasteiger charge is 2.24. The number of hydrogen-bond acceptors (Lipinski definition) is 3. The molecule has 3 aromatic rings. The minimum absolute atomic E-state index is 0. The van der Waals surface area contributed by atoms with Gasteiger partial charge in [0.05, 0.1) is 0 Å². The number of carbonyl (C=O) groups is 1. The number of carbonyl (C=O) groups excluding carboxylic acids is 1. The number of nitrogens with one attached hydrogen (secondary N) is 3. The van der Waals surface area contributed by atoms with Crippen LogP contribution in [0.3, 0.4) is 0 Å². The lowest BCUT2D eigenvalue weighted by molar-refractivity contribution is -0.116. The molecule has 1 aliphatic heterocycles. The number of para-hydroxylation sites is 1. The van der Waals surface area contributed by atoms with Crippen LogP contribution in [0.5, 0.6) is 0 Å². The third-order valence-electron chi connectivity index (χ3n) is 5.34. The van der Waals surface area contributed by atoms with Gasteiger partial charge >= 0.3 is 0 Å². The topological polar surface area (TPSA) is 78.7 Å². The van der Waals surface area contributed by atoms with Crippen molar-refractivity contribution in [1.82, 2.24) is 10.6 Å². The van der Waals surface area contributed by atoms with Crippen molar-refractivity contribution in [1.29, 1.82) is 0 Å². The number of aryl methyl sites for hydroxylation is 1. The maximum absolute atomic E-state index is 13.5. The largest absolute Gasteiger partial charge is 0.459 e. The third-order valence-corrected chi connectivity index (χ3v) is 5.34. The zero-order chi connectivity index (χ0) is 21.1. The molecular weight excluding hydrogens is 510 g/mol. The van der Waals surface area contributed by atoms with Crippen LogP contribution < -0.4 is 16.0 Å². The fourth-order valence-corrected chi connectivity index (χ4v) is 3.79. The van der Waals surface area contributed by atoms with Gasteiger partial charge in [-0.15, -0.1) is 24.0 Å². The fraction of sp³-hybridized carbons (Fsp3) is 0.304. The number of anilines is 1. The monoisotopic (exact) mass is 536 g/mol. The molecule has 0 saturated heterocycles. The highest BCUT2D eigenvalue weighted by Crippen LogP contribution is 2.31. The molecular formula is C23H26FIN4O2. The lowest BCUT2D eigenvalue weighted by Crippen LogP contribution is -2.40. The van der Waals surface area contributed by atoms with E-state index in [9.17, 15) is 9.18 Å². The first-order valence-electron chi connectivity index (χ1n) is 10.1. The number of guanidine groups is 1. The normalized spacial score (nSPS) is 15.8. The molecule has 1 aromatic heterocycles. The average molecular weight is 536 g/mol. The van der Waals surface area contributed by atoms with Crippen LogP contribution in [0.1, 0.15) is 36.1 Å². The molecule has 4 rings (SSSR count). The van der Waals surface area contributed by atoms with Crippen molar-refractivity contribution < 1.29 is 13.6 Å². The van der Waals surface area contributed by atoms with E-state index in [4.69, 9.17) is 4.42 Å². The number of rotatable bonds is 5. The zero-order valence-corrected chi connectivity index (χ0v) is 19.8. The van der Waals surface area contributed by atoms with Crippen molar-refractivity contribution in [2.24, 2.45) is 4.99 Å². The molecule has 2 heterocycles. The second-order valence-corrected chi connectivity index (χ2v) is 7.40. The summed E-state index contributed by atoms with van der Waals surface area (Å²) < 4.78 is 19.4. The molecule has 0 spiro atoms. The van der Waals surface area contributed by atoms with Gasteiger partial charge in [-0.05, 0) is 43.7 Å². The quantitative estimate of drug-likeness (QED) is 0.252. The molecule has 1 atom stereocenters. The van der Waals surface area contributed by atoms with Gasteiger partial charge in [0.1, 0.15) is 23.7 Å². The van der Waals surface area contributed by atoms with Gasteiger partial charge in [-0.1, -0.05) is 18.2 Å². The summed E-state index contributed by atoms with van der Waals surface area (Å²) >= 11 is 0. The van der Waals surface area contributed by atoms with Gasteiger partial charge in [0, 0.05) is 42.1 Å². The van der Waals surface area contributed by atoms with E-state index in [0.717, 1.165) is 22.2 Å². The van der Waals surface area contributed by atoms with E-state index >= 15 is 0 Å². The van der Waals surface area contributed by atoms with Gasteiger partial charge in [-0.2, -0.15) is 0 Å². The lowest BCUT2D eigenvalue weighted by Gasteiger charge is -2.26. The Bertz CT molecular complexity index is 1110. The molecule has 2 aromatic carbocycles. The molecule has 31 heavy (non-hydrogen) atoms. The van der Waals surface area contributed by atoms with Gasteiger partial charge in [0.25, 0.3) is 0 Å². The molecule has 1 unspecified atom stereocenters. The van der Waals surface area contributed by atoms with Crippen LogP contribution in [0.25, 0.3) is 11.0 Å². The Labute approximate surface area is 197 Å². The minimum atomic E-state index is -0.284. The summed E-state index contributed by atoms with van der Waals surface area (Å²) in [6.45, 7) is 5.53. The molecule has 0 saturated carbocycles. The Balaban J connectivity index is 0.00000272. The van der Waals surface area contributed by atoms with E-state index in [1.807, 2.05) is 38.1 Å². The highest BCUT2D eigenvalue weighted by atomic mass is 127.